The summed E-state index contributed by atoms with van der Waals surface area (Å²) in [6.45, 7) is -2.97. The van der Waals surface area contributed by atoms with Gasteiger partial charge in [0.15, 0.2) is 29.6 Å². The fourth-order valence-electron chi connectivity index (χ4n) is 4.33. The number of phosphoric ester groups is 1. The Labute approximate surface area is 241 Å². The number of aliphatic hydroxyl groups excluding tert-OH is 6. The van der Waals surface area contributed by atoms with Gasteiger partial charge in [-0.05, 0) is 11.8 Å². The quantitative estimate of drug-likeness (QED) is 0.0813. The molecular formula is C19H29N5O15P2S. The highest BCUT2D eigenvalue weighted by Gasteiger charge is 2.56. The zero-order valence-corrected chi connectivity index (χ0v) is 23.8. The minimum atomic E-state index is -5.48. The molecule has 2 aliphatic rings. The first-order valence-corrected chi connectivity index (χ1v) is 15.9. The second-order valence-electron chi connectivity index (χ2n) is 9.26. The Morgan fingerprint density at radius 2 is 1.88 bits per heavy atom. The van der Waals surface area contributed by atoms with Gasteiger partial charge >= 0.3 is 14.5 Å². The molecule has 4 rings (SSSR count). The van der Waals surface area contributed by atoms with E-state index in [-0.39, 0.29) is 17.0 Å². The van der Waals surface area contributed by atoms with Crippen LogP contribution in [0.1, 0.15) is 6.23 Å². The van der Waals surface area contributed by atoms with Crippen LogP contribution < -0.4 is 5.73 Å². The maximum Gasteiger partial charge on any atom is 0.481 e. The van der Waals surface area contributed by atoms with Crippen molar-refractivity contribution in [3.8, 4) is 0 Å². The van der Waals surface area contributed by atoms with Gasteiger partial charge in [0.2, 0.25) is 0 Å². The molecule has 0 bridgehead atoms. The topological polar surface area (TPSA) is 315 Å². The first-order valence-electron chi connectivity index (χ1n) is 11.9. The Bertz CT molecular complexity index is 1390. The number of fused-ring (bicyclic) bond motifs is 1. The molecule has 20 nitrogen and oxygen atoms in total. The van der Waals surface area contributed by atoms with E-state index < -0.39 is 88.6 Å². The summed E-state index contributed by atoms with van der Waals surface area (Å²) in [6.07, 6.45) is -13.2. The van der Waals surface area contributed by atoms with E-state index in [2.05, 4.69) is 30.4 Å². The van der Waals surface area contributed by atoms with E-state index in [4.69, 9.17) is 36.6 Å². The van der Waals surface area contributed by atoms with Gasteiger partial charge in [-0.15, -0.1) is 0 Å². The van der Waals surface area contributed by atoms with Crippen molar-refractivity contribution in [2.75, 3.05) is 18.9 Å². The number of imidazole rings is 1. The highest BCUT2D eigenvalue weighted by Crippen LogP contribution is 2.62. The number of aliphatic hydroxyl groups is 7. The molecule has 2 saturated heterocycles. The van der Waals surface area contributed by atoms with Crippen molar-refractivity contribution in [1.29, 1.82) is 0 Å². The molecule has 2 aliphatic heterocycles. The molecule has 0 amide bonds. The zero-order valence-electron chi connectivity index (χ0n) is 21.2. The smallest absolute Gasteiger partial charge is 0.394 e. The van der Waals surface area contributed by atoms with Crippen LogP contribution in [0.3, 0.4) is 0 Å². The number of hydrogen-bond acceptors (Lipinski definition) is 18. The Kier molecular flexibility index (Phi) is 9.85. The van der Waals surface area contributed by atoms with Crippen LogP contribution in [0.5, 0.6) is 0 Å². The van der Waals surface area contributed by atoms with E-state index in [1.54, 1.807) is 0 Å². The number of phosphoric acid groups is 1. The van der Waals surface area contributed by atoms with E-state index in [1.807, 2.05) is 0 Å². The summed E-state index contributed by atoms with van der Waals surface area (Å²) in [5.41, 5.74) is 3.92. The molecule has 42 heavy (non-hydrogen) atoms. The molecule has 0 radical (unpaired) electrons. The average Bonchev–Trinajstić information content (AvgIpc) is 3.46. The number of nitrogens with two attached hydrogens (primary N) is 1. The van der Waals surface area contributed by atoms with Crippen LogP contribution in [0, 0.1) is 0 Å². The van der Waals surface area contributed by atoms with E-state index in [0.29, 0.717) is 0 Å². The van der Waals surface area contributed by atoms with Crippen molar-refractivity contribution in [3.05, 3.63) is 25.3 Å². The fraction of sp³-hybridized carbons (Fsp3) is 0.632. The van der Waals surface area contributed by atoms with Crippen molar-refractivity contribution in [2.24, 2.45) is 0 Å². The first kappa shape index (κ1) is 33.3. The van der Waals surface area contributed by atoms with Crippen molar-refractivity contribution in [3.63, 3.8) is 0 Å². The van der Waals surface area contributed by atoms with Gasteiger partial charge in [0.25, 0.3) is 0 Å². The molecule has 2 aromatic rings. The van der Waals surface area contributed by atoms with Crippen molar-refractivity contribution >= 4 is 43.3 Å². The fourth-order valence-corrected chi connectivity index (χ4v) is 7.43. The van der Waals surface area contributed by atoms with E-state index in [1.165, 1.54) is 10.9 Å². The molecule has 2 fully saturated rings. The molecule has 0 spiro atoms. The number of ether oxygens (including phenoxy) is 2. The van der Waals surface area contributed by atoms with Gasteiger partial charge in [-0.25, -0.2) is 23.8 Å². The third kappa shape index (κ3) is 6.43. The number of aromatic nitrogens is 4. The average molecular weight is 661 g/mol. The number of hydrogen-bond donors (Lipinski definition) is 10. The normalized spacial score (nSPS) is 37.3. The van der Waals surface area contributed by atoms with Crippen molar-refractivity contribution < 1.29 is 72.9 Å². The van der Waals surface area contributed by atoms with E-state index >= 15 is 0 Å². The molecule has 0 aromatic carbocycles. The van der Waals surface area contributed by atoms with Crippen LogP contribution in [0.15, 0.2) is 25.3 Å². The van der Waals surface area contributed by atoms with Crippen molar-refractivity contribution in [1.82, 2.24) is 19.5 Å². The Balaban J connectivity index is 1.44. The van der Waals surface area contributed by atoms with Gasteiger partial charge in [0.1, 0.15) is 54.6 Å². The molecule has 11 N–H and O–H groups in total. The minimum Gasteiger partial charge on any atom is -0.394 e. The number of nitrogen functional groups attached to an aromatic ring is 1. The SMILES string of the molecule is C=C[C@@]1(O)[C@H](O)[C@@H](COP(O)(=S)OP(=O)(O)OC2OC([C@@H](O)CO)C(O)C(O)C2O)O[C@H]1n1cnc2c(N)ncnc21. The van der Waals surface area contributed by atoms with Crippen LogP contribution in [-0.2, 0) is 39.2 Å². The van der Waals surface area contributed by atoms with Crippen LogP contribution in [0.2, 0.25) is 0 Å². The largest absolute Gasteiger partial charge is 0.481 e. The van der Waals surface area contributed by atoms with Crippen LogP contribution >= 0.6 is 14.5 Å². The van der Waals surface area contributed by atoms with Crippen LogP contribution in [-0.4, -0.2) is 133 Å². The van der Waals surface area contributed by atoms with Gasteiger partial charge in [0, 0.05) is 0 Å². The number of rotatable bonds is 11. The second-order valence-corrected chi connectivity index (χ2v) is 13.6. The summed E-state index contributed by atoms with van der Waals surface area (Å²) >= 11 is 4.74. The molecule has 236 valence electrons. The summed E-state index contributed by atoms with van der Waals surface area (Å²) < 4.78 is 38.7. The lowest BCUT2D eigenvalue weighted by Crippen LogP contribution is -2.61. The predicted octanol–water partition coefficient (Wildman–Crippen LogP) is -3.89. The van der Waals surface area contributed by atoms with Crippen LogP contribution in [0.25, 0.3) is 11.2 Å². The Morgan fingerprint density at radius 3 is 2.52 bits per heavy atom. The summed E-state index contributed by atoms with van der Waals surface area (Å²) in [4.78, 5) is 32.5. The monoisotopic (exact) mass is 661 g/mol. The lowest BCUT2D eigenvalue weighted by molar-refractivity contribution is -0.292. The summed E-state index contributed by atoms with van der Waals surface area (Å²) in [7, 11) is -5.48. The maximum atomic E-state index is 12.6. The second kappa shape index (κ2) is 12.4. The Hall–Kier alpha value is -1.59. The molecule has 0 aliphatic carbocycles. The molecular weight excluding hydrogens is 632 g/mol. The summed E-state index contributed by atoms with van der Waals surface area (Å²) in [6, 6.07) is 0. The standard InChI is InChI=1S/C19H29N5O15P2S/c1-2-19(31)14(30)8(36-18(19)24-6-23-9-15(20)21-5-22-16(9)24)4-35-41(34,42)39-40(32,33)38-17-12(29)10(27)11(28)13(37-17)7(26)3-25/h2,5-8,10-14,17-18,25-31H,1,3-4H2,(H,32,33)(H,34,42)(H2,20,21,22)/t7-,8+,10?,11?,12?,13?,14+,17?,18+,19+,41?/m0/s1. The van der Waals surface area contributed by atoms with E-state index in [9.17, 15) is 45.0 Å². The molecule has 4 heterocycles. The van der Waals surface area contributed by atoms with E-state index in [0.717, 1.165) is 12.4 Å². The molecule has 7 unspecified atom stereocenters. The third-order valence-electron chi connectivity index (χ3n) is 6.51. The zero-order chi connectivity index (χ0) is 31.2. The van der Waals surface area contributed by atoms with Gasteiger partial charge in [-0.1, -0.05) is 12.7 Å². The third-order valence-corrected chi connectivity index (χ3v) is 10.0. The predicted molar refractivity (Wildman–Crippen MR) is 139 cm³/mol. The first-order chi connectivity index (χ1) is 19.5. The molecule has 12 atom stereocenters. The molecule has 23 heteroatoms. The van der Waals surface area contributed by atoms with Gasteiger partial charge < -0.3 is 65.3 Å². The molecule has 2 aromatic heterocycles. The minimum absolute atomic E-state index is 0.0324. The number of anilines is 1. The van der Waals surface area contributed by atoms with Gasteiger partial charge in [-0.3, -0.25) is 9.09 Å². The van der Waals surface area contributed by atoms with Gasteiger partial charge in [-0.2, -0.15) is 0 Å². The lowest BCUT2D eigenvalue weighted by atomic mass is 9.94. The van der Waals surface area contributed by atoms with Crippen LogP contribution in [0.4, 0.5) is 5.82 Å². The summed E-state index contributed by atoms with van der Waals surface area (Å²) in [5, 5.41) is 70.8. The van der Waals surface area contributed by atoms with Gasteiger partial charge in [0.05, 0.1) is 19.5 Å². The lowest BCUT2D eigenvalue weighted by Gasteiger charge is -2.41. The number of nitrogens with zero attached hydrogens (tertiary/aromatic N) is 4. The Morgan fingerprint density at radius 1 is 1.19 bits per heavy atom. The molecule has 0 saturated carbocycles. The highest BCUT2D eigenvalue weighted by atomic mass is 32.5. The van der Waals surface area contributed by atoms with Crippen molar-refractivity contribution in [2.45, 2.75) is 60.8 Å². The highest BCUT2D eigenvalue weighted by molar-refractivity contribution is 8.08. The summed E-state index contributed by atoms with van der Waals surface area (Å²) in [5.74, 6) is 0.0324. The maximum absolute atomic E-state index is 12.6.